The molecule has 0 aromatic heterocycles. The minimum Gasteiger partial charge on any atom is -0.497 e. The first kappa shape index (κ1) is 20.6. The molecule has 6 nitrogen and oxygen atoms in total. The number of nitrogens with one attached hydrogen (secondary N) is 1. The van der Waals surface area contributed by atoms with Gasteiger partial charge in [0.2, 0.25) is 0 Å². The molecule has 0 radical (unpaired) electrons. The van der Waals surface area contributed by atoms with E-state index < -0.39 is 18.5 Å². The molecule has 0 heterocycles. The molecule has 1 amide bonds. The number of halogens is 2. The lowest BCUT2D eigenvalue weighted by atomic mass is 10.2. The highest BCUT2D eigenvalue weighted by Crippen LogP contribution is 2.26. The normalized spacial score (nSPS) is 10.5. The Labute approximate surface area is 166 Å². The zero-order valence-electron chi connectivity index (χ0n) is 14.6. The Morgan fingerprint density at radius 2 is 1.81 bits per heavy atom. The minimum atomic E-state index is -0.669. The van der Waals surface area contributed by atoms with Crippen LogP contribution in [0.3, 0.4) is 0 Å². The van der Waals surface area contributed by atoms with E-state index in [9.17, 15) is 9.59 Å². The molecule has 2 aromatic rings. The number of anilines is 1. The van der Waals surface area contributed by atoms with E-state index in [1.165, 1.54) is 25.3 Å². The first-order valence-electron chi connectivity index (χ1n) is 7.74. The van der Waals surface area contributed by atoms with E-state index in [0.717, 1.165) is 0 Å². The smallest absolute Gasteiger partial charge is 0.331 e. The monoisotopic (exact) mass is 409 g/mol. The quantitative estimate of drug-likeness (QED) is 0.547. The number of benzene rings is 2. The van der Waals surface area contributed by atoms with Crippen LogP contribution in [-0.2, 0) is 14.3 Å². The molecule has 27 heavy (non-hydrogen) atoms. The van der Waals surface area contributed by atoms with Crippen molar-refractivity contribution >= 4 is 46.8 Å². The number of esters is 1. The van der Waals surface area contributed by atoms with Crippen molar-refractivity contribution in [1.29, 1.82) is 0 Å². The summed E-state index contributed by atoms with van der Waals surface area (Å²) in [6.07, 6.45) is 2.73. The molecule has 0 aliphatic carbocycles. The number of amides is 1. The summed E-state index contributed by atoms with van der Waals surface area (Å²) in [6.45, 7) is -0.441. The third-order valence-electron chi connectivity index (χ3n) is 3.39. The van der Waals surface area contributed by atoms with E-state index in [1.54, 1.807) is 37.4 Å². The topological polar surface area (TPSA) is 73.9 Å². The fourth-order valence-electron chi connectivity index (χ4n) is 2.07. The maximum Gasteiger partial charge on any atom is 0.331 e. The van der Waals surface area contributed by atoms with Crippen LogP contribution in [0.4, 0.5) is 5.69 Å². The van der Waals surface area contributed by atoms with Crippen molar-refractivity contribution in [3.8, 4) is 11.5 Å². The van der Waals surface area contributed by atoms with Gasteiger partial charge in [0.25, 0.3) is 5.91 Å². The van der Waals surface area contributed by atoms with Crippen molar-refractivity contribution < 1.29 is 23.8 Å². The lowest BCUT2D eigenvalue weighted by Gasteiger charge is -2.07. The van der Waals surface area contributed by atoms with Crippen LogP contribution in [0.25, 0.3) is 6.08 Å². The summed E-state index contributed by atoms with van der Waals surface area (Å²) >= 11 is 11.7. The zero-order chi connectivity index (χ0) is 19.8. The third kappa shape index (κ3) is 6.20. The van der Waals surface area contributed by atoms with Crippen LogP contribution < -0.4 is 14.8 Å². The van der Waals surface area contributed by atoms with Gasteiger partial charge in [-0.2, -0.15) is 0 Å². The fraction of sp³-hybridized carbons (Fsp3) is 0.158. The van der Waals surface area contributed by atoms with Crippen molar-refractivity contribution in [3.05, 3.63) is 58.1 Å². The van der Waals surface area contributed by atoms with E-state index in [1.807, 2.05) is 0 Å². The van der Waals surface area contributed by atoms with E-state index in [0.29, 0.717) is 32.8 Å². The number of carbonyl (C=O) groups excluding carboxylic acids is 2. The average molecular weight is 410 g/mol. The van der Waals surface area contributed by atoms with Gasteiger partial charge in [0, 0.05) is 23.4 Å². The number of ether oxygens (including phenoxy) is 3. The van der Waals surface area contributed by atoms with Gasteiger partial charge in [-0.1, -0.05) is 23.2 Å². The van der Waals surface area contributed by atoms with Gasteiger partial charge < -0.3 is 19.5 Å². The van der Waals surface area contributed by atoms with Gasteiger partial charge in [-0.15, -0.1) is 0 Å². The van der Waals surface area contributed by atoms with Crippen molar-refractivity contribution in [3.63, 3.8) is 0 Å². The van der Waals surface area contributed by atoms with Crippen molar-refractivity contribution in [2.75, 3.05) is 26.1 Å². The summed E-state index contributed by atoms with van der Waals surface area (Å²) in [6, 6.07) is 9.80. The van der Waals surface area contributed by atoms with Crippen LogP contribution >= 0.6 is 23.2 Å². The van der Waals surface area contributed by atoms with Crippen molar-refractivity contribution in [2.45, 2.75) is 0 Å². The van der Waals surface area contributed by atoms with Gasteiger partial charge in [-0.05, 0) is 36.4 Å². The Morgan fingerprint density at radius 1 is 1.04 bits per heavy atom. The first-order chi connectivity index (χ1) is 12.9. The third-order valence-corrected chi connectivity index (χ3v) is 4.13. The molecule has 0 aliphatic rings. The molecule has 2 rings (SSSR count). The minimum absolute atomic E-state index is 0.308. The van der Waals surface area contributed by atoms with Crippen LogP contribution in [0.15, 0.2) is 42.5 Å². The Morgan fingerprint density at radius 3 is 2.48 bits per heavy atom. The predicted molar refractivity (Wildman–Crippen MR) is 105 cm³/mol. The van der Waals surface area contributed by atoms with Gasteiger partial charge in [0.1, 0.15) is 11.5 Å². The van der Waals surface area contributed by atoms with Crippen LogP contribution in [0.2, 0.25) is 10.0 Å². The summed E-state index contributed by atoms with van der Waals surface area (Å²) in [7, 11) is 3.06. The number of methoxy groups -OCH3 is 2. The first-order valence-corrected chi connectivity index (χ1v) is 8.50. The Hall–Kier alpha value is -2.70. The predicted octanol–water partition coefficient (Wildman–Crippen LogP) is 4.21. The van der Waals surface area contributed by atoms with E-state index >= 15 is 0 Å². The molecule has 0 fully saturated rings. The van der Waals surface area contributed by atoms with Crippen LogP contribution in [0, 0.1) is 0 Å². The Bertz CT molecular complexity index is 867. The average Bonchev–Trinajstić information content (AvgIpc) is 2.67. The molecule has 1 N–H and O–H groups in total. The number of rotatable bonds is 7. The molecule has 0 bridgehead atoms. The molecular formula is C19H17Cl2NO5. The van der Waals surface area contributed by atoms with E-state index in [-0.39, 0.29) is 0 Å². The highest BCUT2D eigenvalue weighted by Gasteiger charge is 2.08. The number of hydrogen-bond donors (Lipinski definition) is 1. The second kappa shape index (κ2) is 9.85. The van der Waals surface area contributed by atoms with Crippen LogP contribution in [0.5, 0.6) is 11.5 Å². The van der Waals surface area contributed by atoms with Gasteiger partial charge in [-0.3, -0.25) is 4.79 Å². The van der Waals surface area contributed by atoms with Crippen molar-refractivity contribution in [1.82, 2.24) is 0 Å². The maximum absolute atomic E-state index is 11.8. The second-order valence-corrected chi connectivity index (χ2v) is 6.04. The number of carbonyl (C=O) groups is 2. The summed E-state index contributed by atoms with van der Waals surface area (Å²) in [5.74, 6) is -0.00404. The molecular weight excluding hydrogens is 393 g/mol. The zero-order valence-corrected chi connectivity index (χ0v) is 16.1. The van der Waals surface area contributed by atoms with Gasteiger partial charge in [0.05, 0.1) is 24.3 Å². The summed E-state index contributed by atoms with van der Waals surface area (Å²) in [5, 5.41) is 3.24. The van der Waals surface area contributed by atoms with Gasteiger partial charge in [0.15, 0.2) is 6.61 Å². The standard InChI is InChI=1S/C19H17Cl2NO5/c1-25-14-6-3-12(17(10-14)26-2)4-8-19(24)27-11-18(23)22-13-5-7-15(20)16(21)9-13/h3-10H,11H2,1-2H3,(H,22,23). The molecule has 0 saturated heterocycles. The van der Waals surface area contributed by atoms with Crippen LogP contribution in [-0.4, -0.2) is 32.7 Å². The van der Waals surface area contributed by atoms with Crippen LogP contribution in [0.1, 0.15) is 5.56 Å². The van der Waals surface area contributed by atoms with E-state index in [4.69, 9.17) is 37.4 Å². The molecule has 0 aliphatic heterocycles. The molecule has 8 heteroatoms. The molecule has 0 atom stereocenters. The summed E-state index contributed by atoms with van der Waals surface area (Å²) in [5.41, 5.74) is 1.11. The fourth-order valence-corrected chi connectivity index (χ4v) is 2.37. The summed E-state index contributed by atoms with van der Waals surface area (Å²) < 4.78 is 15.3. The molecule has 142 valence electrons. The largest absolute Gasteiger partial charge is 0.497 e. The lowest BCUT2D eigenvalue weighted by Crippen LogP contribution is -2.20. The SMILES string of the molecule is COc1ccc(C=CC(=O)OCC(=O)Nc2ccc(Cl)c(Cl)c2)c(OC)c1. The van der Waals surface area contributed by atoms with Gasteiger partial charge in [-0.25, -0.2) is 4.79 Å². The van der Waals surface area contributed by atoms with E-state index in [2.05, 4.69) is 5.32 Å². The van der Waals surface area contributed by atoms with Crippen molar-refractivity contribution in [2.24, 2.45) is 0 Å². The molecule has 0 unspecified atom stereocenters. The molecule has 2 aromatic carbocycles. The Kier molecular flexibility index (Phi) is 7.52. The molecule has 0 spiro atoms. The second-order valence-electron chi connectivity index (χ2n) is 5.23. The summed E-state index contributed by atoms with van der Waals surface area (Å²) in [4.78, 5) is 23.6. The highest BCUT2D eigenvalue weighted by atomic mass is 35.5. The Balaban J connectivity index is 1.89. The lowest BCUT2D eigenvalue weighted by molar-refractivity contribution is -0.142. The maximum atomic E-state index is 11.8. The molecule has 0 saturated carbocycles. The highest BCUT2D eigenvalue weighted by molar-refractivity contribution is 6.42. The number of hydrogen-bond acceptors (Lipinski definition) is 5. The van der Waals surface area contributed by atoms with Gasteiger partial charge >= 0.3 is 5.97 Å².